The third-order valence-corrected chi connectivity index (χ3v) is 7.00. The van der Waals surface area contributed by atoms with E-state index >= 15 is 0 Å². The number of rotatable bonds is 4. The molecule has 0 bridgehead atoms. The van der Waals surface area contributed by atoms with Crippen LogP contribution < -0.4 is 4.90 Å². The normalized spacial score (nSPS) is 20.9. The molecule has 0 aliphatic carbocycles. The summed E-state index contributed by atoms with van der Waals surface area (Å²) >= 11 is 7.79. The van der Waals surface area contributed by atoms with Gasteiger partial charge < -0.3 is 9.64 Å². The van der Waals surface area contributed by atoms with Crippen molar-refractivity contribution in [2.24, 2.45) is 0 Å². The first kappa shape index (κ1) is 18.3. The van der Waals surface area contributed by atoms with Gasteiger partial charge >= 0.3 is 0 Å². The summed E-state index contributed by atoms with van der Waals surface area (Å²) in [6, 6.07) is 10.1. The molecular weight excluding hydrogens is 392 g/mol. The molecule has 0 amide bonds. The lowest BCUT2D eigenvalue weighted by atomic mass is 10.2. The Hall–Kier alpha value is -1.73. The van der Waals surface area contributed by atoms with Crippen LogP contribution in [0.5, 0.6) is 0 Å². The zero-order chi connectivity index (χ0) is 18.9. The maximum absolute atomic E-state index is 6.03. The van der Waals surface area contributed by atoms with Gasteiger partial charge in [0.1, 0.15) is 12.1 Å². The van der Waals surface area contributed by atoms with Crippen LogP contribution in [0.3, 0.4) is 0 Å². The number of aromatic nitrogens is 2. The minimum absolute atomic E-state index is 0.427. The largest absolute Gasteiger partial charge is 0.377 e. The number of thiophene rings is 1. The van der Waals surface area contributed by atoms with Crippen LogP contribution >= 0.6 is 22.9 Å². The van der Waals surface area contributed by atoms with E-state index in [0.29, 0.717) is 6.10 Å². The van der Waals surface area contributed by atoms with Crippen molar-refractivity contribution in [3.63, 3.8) is 0 Å². The minimum atomic E-state index is 0.427. The van der Waals surface area contributed by atoms with Gasteiger partial charge in [0, 0.05) is 49.2 Å². The van der Waals surface area contributed by atoms with Gasteiger partial charge in [-0.05, 0) is 36.6 Å². The van der Waals surface area contributed by atoms with Crippen molar-refractivity contribution in [1.29, 1.82) is 0 Å². The number of hydrogen-bond acceptors (Lipinski definition) is 6. The first-order valence-electron chi connectivity index (χ1n) is 9.86. The van der Waals surface area contributed by atoms with Gasteiger partial charge in [-0.1, -0.05) is 23.7 Å². The Morgan fingerprint density at radius 1 is 1.11 bits per heavy atom. The molecule has 7 heteroatoms. The second-order valence-electron chi connectivity index (χ2n) is 7.45. The molecule has 3 aromatic rings. The average molecular weight is 415 g/mol. The van der Waals surface area contributed by atoms with Crippen molar-refractivity contribution in [3.8, 4) is 10.4 Å². The monoisotopic (exact) mass is 414 g/mol. The number of benzene rings is 1. The first-order valence-corrected chi connectivity index (χ1v) is 11.0. The predicted molar refractivity (Wildman–Crippen MR) is 115 cm³/mol. The Kier molecular flexibility index (Phi) is 5.20. The highest BCUT2D eigenvalue weighted by atomic mass is 35.5. The summed E-state index contributed by atoms with van der Waals surface area (Å²) in [5, 5.41) is 0.756. The molecule has 5 rings (SSSR count). The minimum Gasteiger partial charge on any atom is -0.377 e. The molecule has 4 heterocycles. The maximum Gasteiger partial charge on any atom is 0.150 e. The molecular formula is C21H23ClN4OS. The van der Waals surface area contributed by atoms with Crippen molar-refractivity contribution >= 4 is 39.0 Å². The second kappa shape index (κ2) is 7.95. The van der Waals surface area contributed by atoms with E-state index in [1.54, 1.807) is 17.7 Å². The molecule has 1 aromatic carbocycles. The molecule has 2 saturated heterocycles. The quantitative estimate of drug-likeness (QED) is 0.636. The van der Waals surface area contributed by atoms with Crippen LogP contribution in [-0.4, -0.2) is 60.3 Å². The fourth-order valence-electron chi connectivity index (χ4n) is 4.04. The van der Waals surface area contributed by atoms with Crippen LogP contribution in [0.1, 0.15) is 12.8 Å². The van der Waals surface area contributed by atoms with Crippen LogP contribution in [0, 0.1) is 0 Å². The Labute approximate surface area is 173 Å². The number of hydrogen-bond donors (Lipinski definition) is 0. The van der Waals surface area contributed by atoms with Crippen LogP contribution in [0.25, 0.3) is 20.7 Å². The van der Waals surface area contributed by atoms with Crippen molar-refractivity contribution < 1.29 is 4.74 Å². The number of fused-ring (bicyclic) bond motifs is 1. The zero-order valence-corrected chi connectivity index (χ0v) is 17.3. The van der Waals surface area contributed by atoms with E-state index in [4.69, 9.17) is 16.3 Å². The molecule has 1 atom stereocenters. The Bertz CT molecular complexity index is 947. The van der Waals surface area contributed by atoms with Gasteiger partial charge in [0.25, 0.3) is 0 Å². The summed E-state index contributed by atoms with van der Waals surface area (Å²) in [6.45, 7) is 6.09. The summed E-state index contributed by atoms with van der Waals surface area (Å²) in [5.74, 6) is 1.06. The molecule has 2 aliphatic rings. The molecule has 0 spiro atoms. The van der Waals surface area contributed by atoms with Gasteiger partial charge in [-0.3, -0.25) is 4.90 Å². The van der Waals surface area contributed by atoms with E-state index in [9.17, 15) is 0 Å². The highest BCUT2D eigenvalue weighted by molar-refractivity contribution is 7.22. The summed E-state index contributed by atoms with van der Waals surface area (Å²) < 4.78 is 6.96. The van der Waals surface area contributed by atoms with Gasteiger partial charge in [0.15, 0.2) is 0 Å². The molecule has 146 valence electrons. The third-order valence-electron chi connectivity index (χ3n) is 5.58. The van der Waals surface area contributed by atoms with Crippen molar-refractivity contribution in [2.75, 3.05) is 44.2 Å². The van der Waals surface area contributed by atoms with Gasteiger partial charge in [-0.15, -0.1) is 11.3 Å². The van der Waals surface area contributed by atoms with Gasteiger partial charge in [0.05, 0.1) is 16.3 Å². The highest BCUT2D eigenvalue weighted by Gasteiger charge is 2.24. The van der Waals surface area contributed by atoms with E-state index in [0.717, 1.165) is 55.7 Å². The van der Waals surface area contributed by atoms with Crippen LogP contribution in [0.4, 0.5) is 5.82 Å². The average Bonchev–Trinajstić information content (AvgIpc) is 3.38. The third kappa shape index (κ3) is 3.74. The van der Waals surface area contributed by atoms with E-state index in [1.165, 1.54) is 28.0 Å². The van der Waals surface area contributed by atoms with E-state index in [2.05, 4.69) is 38.0 Å². The molecule has 0 unspecified atom stereocenters. The topological polar surface area (TPSA) is 41.5 Å². The van der Waals surface area contributed by atoms with Gasteiger partial charge in [-0.2, -0.15) is 0 Å². The lowest BCUT2D eigenvalue weighted by Gasteiger charge is -2.36. The van der Waals surface area contributed by atoms with Crippen LogP contribution in [0.15, 0.2) is 36.7 Å². The second-order valence-corrected chi connectivity index (χ2v) is 8.94. The Morgan fingerprint density at radius 3 is 2.68 bits per heavy atom. The number of halogens is 1. The predicted octanol–water partition coefficient (Wildman–Crippen LogP) is 4.31. The number of nitrogens with zero attached hydrogens (tertiary/aromatic N) is 4. The van der Waals surface area contributed by atoms with Crippen molar-refractivity contribution in [3.05, 3.63) is 41.7 Å². The number of anilines is 1. The summed E-state index contributed by atoms with van der Waals surface area (Å²) in [4.78, 5) is 15.3. The fourth-order valence-corrected chi connectivity index (χ4v) is 5.30. The lowest BCUT2D eigenvalue weighted by molar-refractivity contribution is 0.0712. The van der Waals surface area contributed by atoms with Gasteiger partial charge in [-0.25, -0.2) is 9.97 Å². The Morgan fingerprint density at radius 2 is 1.93 bits per heavy atom. The molecule has 0 saturated carbocycles. The summed E-state index contributed by atoms with van der Waals surface area (Å²) in [6.07, 6.45) is 4.53. The van der Waals surface area contributed by atoms with Crippen LogP contribution in [0.2, 0.25) is 5.02 Å². The first-order chi connectivity index (χ1) is 13.8. The van der Waals surface area contributed by atoms with Crippen molar-refractivity contribution in [1.82, 2.24) is 14.9 Å². The van der Waals surface area contributed by atoms with E-state index < -0.39 is 0 Å². The highest BCUT2D eigenvalue weighted by Crippen LogP contribution is 2.37. The maximum atomic E-state index is 6.03. The summed E-state index contributed by atoms with van der Waals surface area (Å²) in [5.41, 5.74) is 2.18. The number of ether oxygens (including phenoxy) is 1. The molecule has 0 N–H and O–H groups in total. The standard InChI is InChI=1S/C21H23ClN4OS/c22-16-5-3-15(4-6-16)19-12-18-20(28-19)21(24-14-23-18)26-9-7-25(8-10-26)13-17-2-1-11-27-17/h3-6,12,14,17H,1-2,7-11,13H2/t17-/m0/s1. The van der Waals surface area contributed by atoms with E-state index in [1.807, 2.05) is 12.1 Å². The van der Waals surface area contributed by atoms with Crippen molar-refractivity contribution in [2.45, 2.75) is 18.9 Å². The van der Waals surface area contributed by atoms with Gasteiger partial charge in [0.2, 0.25) is 0 Å². The fraction of sp³-hybridized carbons (Fsp3) is 0.429. The number of piperazine rings is 1. The molecule has 5 nitrogen and oxygen atoms in total. The smallest absolute Gasteiger partial charge is 0.150 e. The zero-order valence-electron chi connectivity index (χ0n) is 15.7. The molecule has 2 fully saturated rings. The molecule has 2 aliphatic heterocycles. The SMILES string of the molecule is Clc1ccc(-c2cc3ncnc(N4CCN(C[C@@H]5CCCO5)CC4)c3s2)cc1. The molecule has 0 radical (unpaired) electrons. The van der Waals surface area contributed by atoms with E-state index in [-0.39, 0.29) is 0 Å². The lowest BCUT2D eigenvalue weighted by Crippen LogP contribution is -2.48. The van der Waals surface area contributed by atoms with Crippen LogP contribution in [-0.2, 0) is 4.74 Å². The molecule has 28 heavy (non-hydrogen) atoms. The Balaban J connectivity index is 1.34. The molecule has 2 aromatic heterocycles. The summed E-state index contributed by atoms with van der Waals surface area (Å²) in [7, 11) is 0.